The minimum Gasteiger partial charge on any atom is -0.395 e. The third-order valence-electron chi connectivity index (χ3n) is 1.19. The summed E-state index contributed by atoms with van der Waals surface area (Å²) in [5.41, 5.74) is 3.26. The van der Waals surface area contributed by atoms with E-state index in [1.807, 2.05) is 0 Å². The first kappa shape index (κ1) is 11.0. The van der Waals surface area contributed by atoms with Crippen molar-refractivity contribution in [2.45, 2.75) is 20.0 Å². The van der Waals surface area contributed by atoms with E-state index >= 15 is 0 Å². The van der Waals surface area contributed by atoms with Crippen LogP contribution in [-0.4, -0.2) is 12.0 Å². The van der Waals surface area contributed by atoms with Gasteiger partial charge in [0.15, 0.2) is 5.78 Å². The molecule has 5 heteroatoms. The van der Waals surface area contributed by atoms with Crippen LogP contribution in [0.15, 0.2) is 11.8 Å². The van der Waals surface area contributed by atoms with Crippen molar-refractivity contribution in [2.75, 3.05) is 0 Å². The third-order valence-corrected chi connectivity index (χ3v) is 1.19. The molecule has 0 radical (unpaired) electrons. The molecule has 0 amide bonds. The van der Waals surface area contributed by atoms with Gasteiger partial charge in [-0.15, -0.1) is 0 Å². The number of allylic oxidation sites excluding steroid dienone is 2. The topological polar surface area (TPSA) is 43.1 Å². The van der Waals surface area contributed by atoms with E-state index in [9.17, 15) is 18.0 Å². The van der Waals surface area contributed by atoms with Crippen LogP contribution >= 0.6 is 0 Å². The lowest BCUT2D eigenvalue weighted by Crippen LogP contribution is -2.21. The van der Waals surface area contributed by atoms with Crippen LogP contribution < -0.4 is 5.73 Å². The molecular formula is C7H10F3NO. The molecule has 0 bridgehead atoms. The van der Waals surface area contributed by atoms with Gasteiger partial charge >= 0.3 is 6.18 Å². The molecule has 0 atom stereocenters. The van der Waals surface area contributed by atoms with Crippen molar-refractivity contribution >= 4 is 5.78 Å². The van der Waals surface area contributed by atoms with E-state index in [2.05, 4.69) is 5.73 Å². The Hall–Kier alpha value is -1.00. The van der Waals surface area contributed by atoms with E-state index < -0.39 is 23.6 Å². The number of ketones is 1. The van der Waals surface area contributed by atoms with E-state index in [1.54, 1.807) is 0 Å². The van der Waals surface area contributed by atoms with Crippen molar-refractivity contribution in [2.24, 2.45) is 11.7 Å². The summed E-state index contributed by atoms with van der Waals surface area (Å²) in [5.74, 6) is -1.09. The van der Waals surface area contributed by atoms with Gasteiger partial charge in [0.25, 0.3) is 0 Å². The molecule has 0 spiro atoms. The molecule has 0 fully saturated rings. The molecule has 12 heavy (non-hydrogen) atoms. The number of nitrogens with two attached hydrogens (primary N) is 1. The zero-order valence-electron chi connectivity index (χ0n) is 6.77. The highest BCUT2D eigenvalue weighted by Crippen LogP contribution is 2.21. The third kappa shape index (κ3) is 3.41. The van der Waals surface area contributed by atoms with Crippen LogP contribution in [0.5, 0.6) is 0 Å². The molecule has 0 aliphatic heterocycles. The highest BCUT2D eigenvalue weighted by molar-refractivity contribution is 5.91. The zero-order valence-corrected chi connectivity index (χ0v) is 6.77. The van der Waals surface area contributed by atoms with Gasteiger partial charge in [0.2, 0.25) is 0 Å². The van der Waals surface area contributed by atoms with Crippen LogP contribution in [0, 0.1) is 5.92 Å². The number of carbonyl (C=O) groups excluding carboxylic acids is 1. The highest BCUT2D eigenvalue weighted by Gasteiger charge is 2.32. The summed E-state index contributed by atoms with van der Waals surface area (Å²) < 4.78 is 35.2. The van der Waals surface area contributed by atoms with Gasteiger partial charge in [-0.25, -0.2) is 0 Å². The lowest BCUT2D eigenvalue weighted by molar-refractivity contribution is -0.118. The Morgan fingerprint density at radius 3 is 2.08 bits per heavy atom. The Morgan fingerprint density at radius 2 is 1.83 bits per heavy atom. The fourth-order valence-electron chi connectivity index (χ4n) is 0.402. The van der Waals surface area contributed by atoms with E-state index in [4.69, 9.17) is 0 Å². The monoisotopic (exact) mass is 181 g/mol. The molecule has 0 rings (SSSR count). The Balaban J connectivity index is 4.48. The second-order valence-electron chi connectivity index (χ2n) is 2.65. The predicted molar refractivity (Wildman–Crippen MR) is 38.2 cm³/mol. The van der Waals surface area contributed by atoms with Gasteiger partial charge in [-0.05, 0) is 0 Å². The Labute approximate surface area is 68.2 Å². The zero-order chi connectivity index (χ0) is 9.94. The standard InChI is InChI=1S/C7H10F3NO/c1-4(2)5(12)3-6(11)7(8,9)10/h3-4H,11H2,1-2H3/b6-3-. The second-order valence-corrected chi connectivity index (χ2v) is 2.65. The molecule has 0 aromatic rings. The van der Waals surface area contributed by atoms with Crippen molar-refractivity contribution in [1.29, 1.82) is 0 Å². The lowest BCUT2D eigenvalue weighted by Gasteiger charge is -2.06. The minimum atomic E-state index is -4.61. The first-order valence-corrected chi connectivity index (χ1v) is 3.33. The average molecular weight is 181 g/mol. The maximum atomic E-state index is 11.7. The van der Waals surface area contributed by atoms with Crippen LogP contribution in [-0.2, 0) is 4.79 Å². The van der Waals surface area contributed by atoms with Crippen molar-refractivity contribution in [3.63, 3.8) is 0 Å². The normalized spacial score (nSPS) is 13.7. The van der Waals surface area contributed by atoms with Crippen LogP contribution in [0.1, 0.15) is 13.8 Å². The first-order chi connectivity index (χ1) is 5.25. The minimum absolute atomic E-state index is 0.421. The number of alkyl halides is 3. The molecule has 2 nitrogen and oxygen atoms in total. The molecule has 0 aliphatic carbocycles. The van der Waals surface area contributed by atoms with Gasteiger partial charge in [-0.2, -0.15) is 13.2 Å². The highest BCUT2D eigenvalue weighted by atomic mass is 19.4. The molecule has 0 heterocycles. The Bertz CT molecular complexity index is 205. The molecule has 0 aliphatic rings. The van der Waals surface area contributed by atoms with E-state index in [0.717, 1.165) is 0 Å². The number of hydrogen-bond donors (Lipinski definition) is 1. The molecule has 0 aromatic carbocycles. The summed E-state index contributed by atoms with van der Waals surface area (Å²) in [7, 11) is 0. The van der Waals surface area contributed by atoms with Gasteiger partial charge < -0.3 is 5.73 Å². The molecule has 70 valence electrons. The summed E-state index contributed by atoms with van der Waals surface area (Å²) in [6.45, 7) is 3.00. The second kappa shape index (κ2) is 3.60. The predicted octanol–water partition coefficient (Wildman–Crippen LogP) is 1.62. The summed E-state index contributed by atoms with van der Waals surface area (Å²) in [6, 6.07) is 0. The SMILES string of the molecule is CC(C)C(=O)/C=C(\N)C(F)(F)F. The van der Waals surface area contributed by atoms with E-state index in [1.165, 1.54) is 13.8 Å². The molecule has 0 saturated carbocycles. The maximum Gasteiger partial charge on any atom is 0.430 e. The van der Waals surface area contributed by atoms with Gasteiger partial charge in [-0.3, -0.25) is 4.79 Å². The number of rotatable bonds is 2. The van der Waals surface area contributed by atoms with Gasteiger partial charge in [0, 0.05) is 12.0 Å². The van der Waals surface area contributed by atoms with Crippen molar-refractivity contribution in [3.05, 3.63) is 11.8 Å². The van der Waals surface area contributed by atoms with Crippen LogP contribution in [0.25, 0.3) is 0 Å². The van der Waals surface area contributed by atoms with Crippen LogP contribution in [0.3, 0.4) is 0 Å². The van der Waals surface area contributed by atoms with Crippen molar-refractivity contribution in [1.82, 2.24) is 0 Å². The van der Waals surface area contributed by atoms with E-state index in [0.29, 0.717) is 6.08 Å². The molecule has 2 N–H and O–H groups in total. The molecule has 0 saturated heterocycles. The Morgan fingerprint density at radius 1 is 1.42 bits per heavy atom. The van der Waals surface area contributed by atoms with E-state index in [-0.39, 0.29) is 0 Å². The van der Waals surface area contributed by atoms with Crippen molar-refractivity contribution in [3.8, 4) is 0 Å². The van der Waals surface area contributed by atoms with Gasteiger partial charge in [0.1, 0.15) is 5.70 Å². The number of halogens is 3. The fourth-order valence-corrected chi connectivity index (χ4v) is 0.402. The summed E-state index contributed by atoms with van der Waals surface area (Å²) >= 11 is 0. The van der Waals surface area contributed by atoms with Gasteiger partial charge in [-0.1, -0.05) is 13.8 Å². The fraction of sp³-hybridized carbons (Fsp3) is 0.571. The first-order valence-electron chi connectivity index (χ1n) is 3.33. The quantitative estimate of drug-likeness (QED) is 0.658. The van der Waals surface area contributed by atoms with Crippen LogP contribution in [0.4, 0.5) is 13.2 Å². The lowest BCUT2D eigenvalue weighted by atomic mass is 10.1. The maximum absolute atomic E-state index is 11.7. The largest absolute Gasteiger partial charge is 0.430 e. The molecule has 0 aromatic heterocycles. The summed E-state index contributed by atoms with van der Waals surface area (Å²) in [4.78, 5) is 10.7. The van der Waals surface area contributed by atoms with Crippen molar-refractivity contribution < 1.29 is 18.0 Å². The number of hydrogen-bond acceptors (Lipinski definition) is 2. The summed E-state index contributed by atoms with van der Waals surface area (Å²) in [6.07, 6.45) is -4.19. The molecular weight excluding hydrogens is 171 g/mol. The molecule has 0 unspecified atom stereocenters. The summed E-state index contributed by atoms with van der Waals surface area (Å²) in [5, 5.41) is 0. The average Bonchev–Trinajstić information content (AvgIpc) is 1.85. The Kier molecular flexibility index (Phi) is 3.30. The smallest absolute Gasteiger partial charge is 0.395 e. The number of carbonyl (C=O) groups is 1. The van der Waals surface area contributed by atoms with Gasteiger partial charge in [0.05, 0.1) is 0 Å². The van der Waals surface area contributed by atoms with Crippen LogP contribution in [0.2, 0.25) is 0 Å².